The topological polar surface area (TPSA) is 84.9 Å². The van der Waals surface area contributed by atoms with Crippen LogP contribution >= 0.6 is 11.3 Å². The molecular weight excluding hydrogens is 436 g/mol. The number of hydrogen-bond donors (Lipinski definition) is 1. The lowest BCUT2D eigenvalue weighted by Crippen LogP contribution is -2.28. The quantitative estimate of drug-likeness (QED) is 0.548. The number of rotatable bonds is 8. The van der Waals surface area contributed by atoms with Crippen molar-refractivity contribution in [2.45, 2.75) is 17.2 Å². The van der Waals surface area contributed by atoms with Crippen LogP contribution in [0.15, 0.2) is 64.2 Å². The number of sulfonamides is 1. The lowest BCUT2D eigenvalue weighted by atomic mass is 10.1. The number of carbonyl (C=O) groups is 1. The SMILES string of the molecule is COc1ccc(OC)c([C@@H](C)NC(=O)c2ccc(N(C)S(=O)(=O)c3cccs3)cc2)c1. The second kappa shape index (κ2) is 9.40. The first-order valence-electron chi connectivity index (χ1n) is 9.43. The number of methoxy groups -OCH3 is 2. The highest BCUT2D eigenvalue weighted by atomic mass is 32.2. The highest BCUT2D eigenvalue weighted by Gasteiger charge is 2.22. The van der Waals surface area contributed by atoms with Crippen molar-refractivity contribution in [3.8, 4) is 11.5 Å². The Morgan fingerprint density at radius 2 is 1.77 bits per heavy atom. The van der Waals surface area contributed by atoms with Gasteiger partial charge in [-0.2, -0.15) is 0 Å². The Bertz CT molecular complexity index is 1140. The van der Waals surface area contributed by atoms with Crippen LogP contribution in [0.5, 0.6) is 11.5 Å². The van der Waals surface area contributed by atoms with E-state index in [-0.39, 0.29) is 16.2 Å². The molecule has 7 nitrogen and oxygen atoms in total. The van der Waals surface area contributed by atoms with Gasteiger partial charge in [0.15, 0.2) is 0 Å². The summed E-state index contributed by atoms with van der Waals surface area (Å²) in [7, 11) is 1.01. The Morgan fingerprint density at radius 3 is 2.35 bits per heavy atom. The number of ether oxygens (including phenoxy) is 2. The summed E-state index contributed by atoms with van der Waals surface area (Å²) in [6, 6.07) is 14.7. The van der Waals surface area contributed by atoms with Gasteiger partial charge in [-0.15, -0.1) is 11.3 Å². The molecule has 0 aliphatic carbocycles. The molecule has 1 amide bonds. The molecule has 1 N–H and O–H groups in total. The summed E-state index contributed by atoms with van der Waals surface area (Å²) >= 11 is 1.16. The van der Waals surface area contributed by atoms with Gasteiger partial charge in [-0.25, -0.2) is 8.42 Å². The standard InChI is InChI=1S/C22H24N2O5S2/c1-15(19-14-18(28-3)11-12-20(19)29-4)23-22(25)16-7-9-17(10-8-16)24(2)31(26,27)21-6-5-13-30-21/h5-15H,1-4H3,(H,23,25)/t15-/m1/s1. The Morgan fingerprint density at radius 1 is 1.06 bits per heavy atom. The predicted molar refractivity (Wildman–Crippen MR) is 122 cm³/mol. The highest BCUT2D eigenvalue weighted by Crippen LogP contribution is 2.30. The van der Waals surface area contributed by atoms with Gasteiger partial charge in [-0.05, 0) is 60.8 Å². The molecule has 1 heterocycles. The van der Waals surface area contributed by atoms with Gasteiger partial charge in [0.1, 0.15) is 15.7 Å². The zero-order chi connectivity index (χ0) is 22.6. The number of amides is 1. The van der Waals surface area contributed by atoms with Gasteiger partial charge in [-0.1, -0.05) is 6.07 Å². The van der Waals surface area contributed by atoms with Crippen molar-refractivity contribution in [1.82, 2.24) is 5.32 Å². The van der Waals surface area contributed by atoms with Crippen LogP contribution in [0.4, 0.5) is 5.69 Å². The maximum atomic E-state index is 12.7. The normalized spacial score (nSPS) is 12.1. The molecule has 0 spiro atoms. The minimum absolute atomic E-state index is 0.262. The number of anilines is 1. The third kappa shape index (κ3) is 4.83. The molecule has 0 saturated heterocycles. The van der Waals surface area contributed by atoms with Crippen molar-refractivity contribution in [2.24, 2.45) is 0 Å². The molecule has 0 radical (unpaired) electrons. The first kappa shape index (κ1) is 22.6. The van der Waals surface area contributed by atoms with Crippen molar-refractivity contribution in [3.05, 3.63) is 71.1 Å². The van der Waals surface area contributed by atoms with Gasteiger partial charge >= 0.3 is 0 Å². The van der Waals surface area contributed by atoms with E-state index < -0.39 is 10.0 Å². The van der Waals surface area contributed by atoms with Crippen molar-refractivity contribution < 1.29 is 22.7 Å². The molecule has 31 heavy (non-hydrogen) atoms. The van der Waals surface area contributed by atoms with Crippen LogP contribution in [0.2, 0.25) is 0 Å². The summed E-state index contributed by atoms with van der Waals surface area (Å²) in [5.74, 6) is 1.02. The van der Waals surface area contributed by atoms with Gasteiger partial charge in [0.05, 0.1) is 25.9 Å². The summed E-state index contributed by atoms with van der Waals surface area (Å²) in [5, 5.41) is 4.65. The molecule has 1 aromatic heterocycles. The van der Waals surface area contributed by atoms with Crippen molar-refractivity contribution >= 4 is 33.0 Å². The number of benzene rings is 2. The van der Waals surface area contributed by atoms with Crippen molar-refractivity contribution in [2.75, 3.05) is 25.6 Å². The molecule has 164 valence electrons. The van der Waals surface area contributed by atoms with Crippen LogP contribution in [0.25, 0.3) is 0 Å². The predicted octanol–water partition coefficient (Wildman–Crippen LogP) is 4.08. The van der Waals surface area contributed by atoms with Crippen LogP contribution in [-0.2, 0) is 10.0 Å². The fraction of sp³-hybridized carbons (Fsp3) is 0.227. The van der Waals surface area contributed by atoms with E-state index in [9.17, 15) is 13.2 Å². The van der Waals surface area contributed by atoms with Crippen LogP contribution in [0.3, 0.4) is 0 Å². The van der Waals surface area contributed by atoms with E-state index >= 15 is 0 Å². The monoisotopic (exact) mass is 460 g/mol. The van der Waals surface area contributed by atoms with Crippen LogP contribution in [-0.4, -0.2) is 35.6 Å². The molecule has 2 aromatic carbocycles. The fourth-order valence-electron chi connectivity index (χ4n) is 3.04. The minimum atomic E-state index is -3.63. The molecule has 0 aliphatic rings. The van der Waals surface area contributed by atoms with Crippen LogP contribution < -0.4 is 19.1 Å². The van der Waals surface area contributed by atoms with Gasteiger partial charge in [0, 0.05) is 18.2 Å². The van der Waals surface area contributed by atoms with Gasteiger partial charge < -0.3 is 14.8 Å². The second-order valence-electron chi connectivity index (χ2n) is 6.75. The zero-order valence-corrected chi connectivity index (χ0v) is 19.3. The third-order valence-corrected chi connectivity index (χ3v) is 8.01. The fourth-order valence-corrected chi connectivity index (χ4v) is 5.40. The molecule has 9 heteroatoms. The molecule has 0 bridgehead atoms. The number of nitrogens with zero attached hydrogens (tertiary/aromatic N) is 1. The van der Waals surface area contributed by atoms with E-state index in [2.05, 4.69) is 5.32 Å². The highest BCUT2D eigenvalue weighted by molar-refractivity contribution is 7.94. The summed E-state index contributed by atoms with van der Waals surface area (Å²) in [5.41, 5.74) is 1.67. The molecule has 0 unspecified atom stereocenters. The van der Waals surface area contributed by atoms with Gasteiger partial charge in [0.25, 0.3) is 15.9 Å². The minimum Gasteiger partial charge on any atom is -0.497 e. The third-order valence-electron chi connectivity index (χ3n) is 4.85. The Hall–Kier alpha value is -3.04. The van der Waals surface area contributed by atoms with E-state index in [4.69, 9.17) is 9.47 Å². The number of hydrogen-bond acceptors (Lipinski definition) is 6. The molecule has 0 aliphatic heterocycles. The largest absolute Gasteiger partial charge is 0.497 e. The molecule has 3 rings (SSSR count). The average molecular weight is 461 g/mol. The van der Waals surface area contributed by atoms with Crippen molar-refractivity contribution in [3.63, 3.8) is 0 Å². The summed E-state index contributed by atoms with van der Waals surface area (Å²) in [6.07, 6.45) is 0. The molecular formula is C22H24N2O5S2. The summed E-state index contributed by atoms with van der Waals surface area (Å²) < 4.78 is 37.4. The van der Waals surface area contributed by atoms with E-state index in [0.29, 0.717) is 22.7 Å². The maximum Gasteiger partial charge on any atom is 0.273 e. The molecule has 0 fully saturated rings. The van der Waals surface area contributed by atoms with Gasteiger partial charge in [-0.3, -0.25) is 9.10 Å². The Kier molecular flexibility index (Phi) is 6.87. The van der Waals surface area contributed by atoms with Crippen LogP contribution in [0, 0.1) is 0 Å². The van der Waals surface area contributed by atoms with E-state index in [1.54, 1.807) is 68.1 Å². The molecule has 3 aromatic rings. The molecule has 0 saturated carbocycles. The van der Waals surface area contributed by atoms with E-state index in [1.807, 2.05) is 13.0 Å². The maximum absolute atomic E-state index is 12.7. The van der Waals surface area contributed by atoms with Crippen LogP contribution in [0.1, 0.15) is 28.9 Å². The number of carbonyl (C=O) groups excluding carboxylic acids is 1. The Labute approximate surface area is 186 Å². The second-order valence-corrected chi connectivity index (χ2v) is 9.90. The lowest BCUT2D eigenvalue weighted by Gasteiger charge is -2.20. The van der Waals surface area contributed by atoms with Crippen molar-refractivity contribution in [1.29, 1.82) is 0 Å². The first-order valence-corrected chi connectivity index (χ1v) is 11.7. The summed E-state index contributed by atoms with van der Waals surface area (Å²) in [4.78, 5) is 12.7. The number of nitrogens with one attached hydrogen (secondary N) is 1. The van der Waals surface area contributed by atoms with Gasteiger partial charge in [0.2, 0.25) is 0 Å². The van der Waals surface area contributed by atoms with E-state index in [0.717, 1.165) is 16.9 Å². The lowest BCUT2D eigenvalue weighted by molar-refractivity contribution is 0.0939. The first-order chi connectivity index (χ1) is 14.8. The smallest absolute Gasteiger partial charge is 0.273 e. The summed E-state index contributed by atoms with van der Waals surface area (Å²) in [6.45, 7) is 1.85. The average Bonchev–Trinajstić information content (AvgIpc) is 3.34. The zero-order valence-electron chi connectivity index (χ0n) is 17.7. The Balaban J connectivity index is 1.75. The van der Waals surface area contributed by atoms with E-state index in [1.165, 1.54) is 11.4 Å². The molecule has 1 atom stereocenters. The number of thiophene rings is 1.